The van der Waals surface area contributed by atoms with Gasteiger partial charge in [0.15, 0.2) is 0 Å². The lowest BCUT2D eigenvalue weighted by Crippen LogP contribution is -2.19. The molecule has 84 valence electrons. The van der Waals surface area contributed by atoms with Crippen LogP contribution in [0.5, 0.6) is 5.88 Å². The normalized spacial score (nSPS) is 11.4. The maximum absolute atomic E-state index is 12.1. The van der Waals surface area contributed by atoms with Gasteiger partial charge in [-0.1, -0.05) is 18.2 Å². The highest BCUT2D eigenvalue weighted by Gasteiger charge is 2.32. The maximum atomic E-state index is 12.1. The Morgan fingerprint density at radius 2 is 1.75 bits per heavy atom. The standard InChI is InChI=1S/C10H7F3N2O/c11-10(12,13)16-9-6-7-14-15(9)8-4-2-1-3-5-8/h1-7H. The monoisotopic (exact) mass is 228 g/mol. The van der Waals surface area contributed by atoms with Crippen LogP contribution in [0.25, 0.3) is 5.69 Å². The Labute approximate surface area is 89.1 Å². The summed E-state index contributed by atoms with van der Waals surface area (Å²) in [5.41, 5.74) is 0.506. The van der Waals surface area contributed by atoms with Gasteiger partial charge in [0.1, 0.15) is 0 Å². The first kappa shape index (κ1) is 10.5. The van der Waals surface area contributed by atoms with Crippen LogP contribution in [-0.2, 0) is 0 Å². The lowest BCUT2D eigenvalue weighted by atomic mass is 10.3. The van der Waals surface area contributed by atoms with Crippen LogP contribution in [0.3, 0.4) is 0 Å². The number of aromatic nitrogens is 2. The number of halogens is 3. The summed E-state index contributed by atoms with van der Waals surface area (Å²) >= 11 is 0. The summed E-state index contributed by atoms with van der Waals surface area (Å²) < 4.78 is 41.1. The van der Waals surface area contributed by atoms with Gasteiger partial charge in [0, 0.05) is 6.07 Å². The SMILES string of the molecule is FC(F)(F)Oc1ccnn1-c1ccccc1. The molecule has 0 spiro atoms. The van der Waals surface area contributed by atoms with Crippen molar-refractivity contribution in [1.82, 2.24) is 9.78 Å². The average Bonchev–Trinajstić information content (AvgIpc) is 2.64. The van der Waals surface area contributed by atoms with Gasteiger partial charge in [0.25, 0.3) is 0 Å². The van der Waals surface area contributed by atoms with E-state index >= 15 is 0 Å². The zero-order valence-corrected chi connectivity index (χ0v) is 7.98. The molecule has 0 bridgehead atoms. The van der Waals surface area contributed by atoms with Gasteiger partial charge in [-0.3, -0.25) is 0 Å². The molecule has 2 rings (SSSR count). The summed E-state index contributed by atoms with van der Waals surface area (Å²) in [6, 6.07) is 9.59. The summed E-state index contributed by atoms with van der Waals surface area (Å²) in [5, 5.41) is 3.76. The Bertz CT molecular complexity index is 464. The Morgan fingerprint density at radius 1 is 1.06 bits per heavy atom. The molecule has 0 unspecified atom stereocenters. The van der Waals surface area contributed by atoms with Crippen molar-refractivity contribution in [2.24, 2.45) is 0 Å². The van der Waals surface area contributed by atoms with Gasteiger partial charge in [-0.05, 0) is 12.1 Å². The van der Waals surface area contributed by atoms with Gasteiger partial charge in [0.2, 0.25) is 5.88 Å². The molecule has 0 atom stereocenters. The van der Waals surface area contributed by atoms with Crippen molar-refractivity contribution in [3.8, 4) is 11.6 Å². The fourth-order valence-corrected chi connectivity index (χ4v) is 1.25. The summed E-state index contributed by atoms with van der Waals surface area (Å²) in [7, 11) is 0. The molecule has 1 aromatic carbocycles. The van der Waals surface area contributed by atoms with Crippen LogP contribution in [0.2, 0.25) is 0 Å². The van der Waals surface area contributed by atoms with E-state index in [1.54, 1.807) is 30.3 Å². The lowest BCUT2D eigenvalue weighted by Gasteiger charge is -2.10. The quantitative estimate of drug-likeness (QED) is 0.790. The van der Waals surface area contributed by atoms with Crippen molar-refractivity contribution in [2.75, 3.05) is 0 Å². The summed E-state index contributed by atoms with van der Waals surface area (Å²) in [6.45, 7) is 0. The van der Waals surface area contributed by atoms with E-state index in [2.05, 4.69) is 9.84 Å². The molecule has 3 nitrogen and oxygen atoms in total. The number of para-hydroxylation sites is 1. The molecule has 16 heavy (non-hydrogen) atoms. The Hall–Kier alpha value is -1.98. The third kappa shape index (κ3) is 2.33. The van der Waals surface area contributed by atoms with E-state index < -0.39 is 6.36 Å². The minimum atomic E-state index is -4.72. The van der Waals surface area contributed by atoms with Crippen LogP contribution in [-0.4, -0.2) is 16.1 Å². The molecule has 0 aliphatic heterocycles. The van der Waals surface area contributed by atoms with Gasteiger partial charge in [-0.2, -0.15) is 5.10 Å². The number of hydrogen-bond donors (Lipinski definition) is 0. The predicted molar refractivity (Wildman–Crippen MR) is 50.2 cm³/mol. The van der Waals surface area contributed by atoms with E-state index in [0.29, 0.717) is 5.69 Å². The summed E-state index contributed by atoms with van der Waals surface area (Å²) in [4.78, 5) is 0. The lowest BCUT2D eigenvalue weighted by molar-refractivity contribution is -0.276. The van der Waals surface area contributed by atoms with Gasteiger partial charge in [0.05, 0.1) is 11.9 Å². The first-order valence-electron chi connectivity index (χ1n) is 4.41. The molecule has 0 aliphatic carbocycles. The van der Waals surface area contributed by atoms with Gasteiger partial charge in [-0.25, -0.2) is 4.68 Å². The van der Waals surface area contributed by atoms with Crippen molar-refractivity contribution < 1.29 is 17.9 Å². The molecule has 1 heterocycles. The Morgan fingerprint density at radius 3 is 2.38 bits per heavy atom. The average molecular weight is 228 g/mol. The van der Waals surface area contributed by atoms with E-state index in [-0.39, 0.29) is 5.88 Å². The van der Waals surface area contributed by atoms with Gasteiger partial charge >= 0.3 is 6.36 Å². The highest BCUT2D eigenvalue weighted by molar-refractivity contribution is 5.34. The minimum Gasteiger partial charge on any atom is -0.388 e. The van der Waals surface area contributed by atoms with E-state index in [1.165, 1.54) is 6.20 Å². The number of benzene rings is 1. The van der Waals surface area contributed by atoms with Crippen LogP contribution in [0.1, 0.15) is 0 Å². The summed E-state index contributed by atoms with van der Waals surface area (Å²) in [6.07, 6.45) is -3.47. The van der Waals surface area contributed by atoms with Crippen molar-refractivity contribution in [3.05, 3.63) is 42.6 Å². The molecule has 0 saturated heterocycles. The van der Waals surface area contributed by atoms with Crippen LogP contribution in [0.15, 0.2) is 42.6 Å². The molecule has 0 saturated carbocycles. The molecule has 2 aromatic rings. The number of ether oxygens (including phenoxy) is 1. The summed E-state index contributed by atoms with van der Waals surface area (Å²) in [5.74, 6) is -0.362. The molecule has 0 N–H and O–H groups in total. The van der Waals surface area contributed by atoms with Gasteiger partial charge in [-0.15, -0.1) is 13.2 Å². The fraction of sp³-hybridized carbons (Fsp3) is 0.100. The van der Waals surface area contributed by atoms with E-state index in [9.17, 15) is 13.2 Å². The largest absolute Gasteiger partial charge is 0.574 e. The van der Waals surface area contributed by atoms with Crippen LogP contribution in [0, 0.1) is 0 Å². The maximum Gasteiger partial charge on any atom is 0.574 e. The first-order valence-corrected chi connectivity index (χ1v) is 4.41. The van der Waals surface area contributed by atoms with Crippen molar-refractivity contribution in [1.29, 1.82) is 0 Å². The smallest absolute Gasteiger partial charge is 0.388 e. The van der Waals surface area contributed by atoms with Crippen LogP contribution < -0.4 is 4.74 Å². The third-order valence-electron chi connectivity index (χ3n) is 1.83. The number of alkyl halides is 3. The zero-order chi connectivity index (χ0) is 11.6. The van der Waals surface area contributed by atoms with Crippen LogP contribution >= 0.6 is 0 Å². The molecular formula is C10H7F3N2O. The van der Waals surface area contributed by atoms with E-state index in [0.717, 1.165) is 10.7 Å². The van der Waals surface area contributed by atoms with E-state index in [1.807, 2.05) is 0 Å². The Balaban J connectivity index is 2.33. The molecule has 0 fully saturated rings. The van der Waals surface area contributed by atoms with Crippen molar-refractivity contribution in [3.63, 3.8) is 0 Å². The second kappa shape index (κ2) is 3.88. The van der Waals surface area contributed by atoms with Crippen molar-refractivity contribution >= 4 is 0 Å². The van der Waals surface area contributed by atoms with Gasteiger partial charge < -0.3 is 4.74 Å². The molecule has 1 aromatic heterocycles. The predicted octanol–water partition coefficient (Wildman–Crippen LogP) is 2.77. The number of hydrogen-bond acceptors (Lipinski definition) is 2. The number of nitrogens with zero attached hydrogens (tertiary/aromatic N) is 2. The second-order valence-electron chi connectivity index (χ2n) is 2.96. The molecule has 0 aliphatic rings. The van der Waals surface area contributed by atoms with Crippen LogP contribution in [0.4, 0.5) is 13.2 Å². The zero-order valence-electron chi connectivity index (χ0n) is 7.98. The minimum absolute atomic E-state index is 0.362. The second-order valence-corrected chi connectivity index (χ2v) is 2.96. The molecule has 6 heteroatoms. The topological polar surface area (TPSA) is 27.1 Å². The molecule has 0 radical (unpaired) electrons. The molecule has 0 amide bonds. The van der Waals surface area contributed by atoms with Crippen molar-refractivity contribution in [2.45, 2.75) is 6.36 Å². The highest BCUT2D eigenvalue weighted by Crippen LogP contribution is 2.24. The van der Waals surface area contributed by atoms with E-state index in [4.69, 9.17) is 0 Å². The third-order valence-corrected chi connectivity index (χ3v) is 1.83. The number of rotatable bonds is 2. The molecular weight excluding hydrogens is 221 g/mol. The fourth-order valence-electron chi connectivity index (χ4n) is 1.25. The Kier molecular flexibility index (Phi) is 2.55. The first-order chi connectivity index (χ1) is 7.56. The highest BCUT2D eigenvalue weighted by atomic mass is 19.4.